The van der Waals surface area contributed by atoms with Crippen LogP contribution in [0.5, 0.6) is 0 Å². The van der Waals surface area contributed by atoms with E-state index in [2.05, 4.69) is 103 Å². The van der Waals surface area contributed by atoms with Crippen LogP contribution in [0, 0.1) is 11.3 Å². The fraction of sp³-hybridized carbons (Fsp3) is 0.353. The van der Waals surface area contributed by atoms with E-state index in [9.17, 15) is 5.26 Å². The minimum Gasteiger partial charge on any atom is -0.299 e. The molecule has 3 aromatic carbocycles. The molecule has 0 saturated heterocycles. The number of nitrogens with zero attached hydrogens (tertiary/aromatic N) is 3. The highest BCUT2D eigenvalue weighted by atomic mass is 15.1. The average molecular weight is 490 g/mol. The maximum absolute atomic E-state index is 9.46. The standard InChI is InChI=1S/C34H39N3/c1-21(2)28-13-10-14-29(22(3)4)32(28)27-18-30(23(5)6)33(31(19-27)24(7)8)37-16-15-36-34(37)26-12-9-11-25(17-26)20-35/h9-19,21-24H,1-8H3. The summed E-state index contributed by atoms with van der Waals surface area (Å²) in [5.74, 6) is 2.37. The Bertz CT molecular complexity index is 1390. The lowest BCUT2D eigenvalue weighted by molar-refractivity contribution is 0.805. The van der Waals surface area contributed by atoms with E-state index in [0.717, 1.165) is 11.4 Å². The Morgan fingerprint density at radius 2 is 1.22 bits per heavy atom. The van der Waals surface area contributed by atoms with Gasteiger partial charge in [0.25, 0.3) is 0 Å². The SMILES string of the molecule is CC(C)c1cccc(C(C)C)c1-c1cc(C(C)C)c(-n2ccnc2-c2cccc(C#N)c2)c(C(C)C)c1. The van der Waals surface area contributed by atoms with Gasteiger partial charge in [-0.2, -0.15) is 5.26 Å². The second-order valence-electron chi connectivity index (χ2n) is 11.2. The molecule has 0 amide bonds. The summed E-state index contributed by atoms with van der Waals surface area (Å²) in [7, 11) is 0. The second-order valence-corrected chi connectivity index (χ2v) is 11.2. The van der Waals surface area contributed by atoms with Crippen molar-refractivity contribution < 1.29 is 0 Å². The minimum absolute atomic E-state index is 0.321. The van der Waals surface area contributed by atoms with Gasteiger partial charge in [-0.3, -0.25) is 4.57 Å². The third-order valence-corrected chi connectivity index (χ3v) is 7.21. The van der Waals surface area contributed by atoms with Gasteiger partial charge in [-0.1, -0.05) is 85.7 Å². The number of nitriles is 1. The highest BCUT2D eigenvalue weighted by Gasteiger charge is 2.23. The molecule has 3 nitrogen and oxygen atoms in total. The summed E-state index contributed by atoms with van der Waals surface area (Å²) in [5, 5.41) is 9.46. The number of hydrogen-bond donors (Lipinski definition) is 0. The van der Waals surface area contributed by atoms with Crippen molar-refractivity contribution in [1.29, 1.82) is 5.26 Å². The molecule has 0 aliphatic heterocycles. The number of aromatic nitrogens is 2. The zero-order valence-corrected chi connectivity index (χ0v) is 23.5. The third-order valence-electron chi connectivity index (χ3n) is 7.21. The lowest BCUT2D eigenvalue weighted by Gasteiger charge is -2.26. The average Bonchev–Trinajstić information content (AvgIpc) is 3.36. The molecule has 0 saturated carbocycles. The van der Waals surface area contributed by atoms with Crippen LogP contribution in [-0.4, -0.2) is 9.55 Å². The molecule has 3 heteroatoms. The Hall–Kier alpha value is -3.64. The van der Waals surface area contributed by atoms with Crippen LogP contribution in [0.1, 0.15) is 107 Å². The van der Waals surface area contributed by atoms with E-state index in [0.29, 0.717) is 29.2 Å². The molecule has 4 aromatic rings. The Balaban J connectivity index is 2.05. The van der Waals surface area contributed by atoms with E-state index >= 15 is 0 Å². The first-order valence-electron chi connectivity index (χ1n) is 13.5. The Labute approximate surface area is 222 Å². The molecular formula is C34H39N3. The first-order valence-corrected chi connectivity index (χ1v) is 13.5. The largest absolute Gasteiger partial charge is 0.299 e. The molecule has 37 heavy (non-hydrogen) atoms. The summed E-state index contributed by atoms with van der Waals surface area (Å²) >= 11 is 0. The van der Waals surface area contributed by atoms with Gasteiger partial charge in [0.1, 0.15) is 5.82 Å². The number of rotatable bonds is 7. The molecule has 4 rings (SSSR count). The van der Waals surface area contributed by atoms with Gasteiger partial charge in [0, 0.05) is 18.0 Å². The van der Waals surface area contributed by atoms with Gasteiger partial charge in [0.2, 0.25) is 0 Å². The molecule has 0 unspecified atom stereocenters. The molecule has 1 aromatic heterocycles. The van der Waals surface area contributed by atoms with Crippen molar-refractivity contribution in [2.75, 3.05) is 0 Å². The fourth-order valence-electron chi connectivity index (χ4n) is 5.29. The van der Waals surface area contributed by atoms with Gasteiger partial charge in [-0.05, 0) is 81.3 Å². The highest BCUT2D eigenvalue weighted by molar-refractivity contribution is 5.77. The van der Waals surface area contributed by atoms with E-state index in [1.807, 2.05) is 30.5 Å². The molecular weight excluding hydrogens is 450 g/mol. The van der Waals surface area contributed by atoms with Crippen LogP contribution in [0.2, 0.25) is 0 Å². The minimum atomic E-state index is 0.321. The van der Waals surface area contributed by atoms with Gasteiger partial charge in [-0.15, -0.1) is 0 Å². The topological polar surface area (TPSA) is 41.6 Å². The first kappa shape index (κ1) is 26.4. The predicted octanol–water partition coefficient (Wildman–Crippen LogP) is 9.57. The van der Waals surface area contributed by atoms with Crippen molar-refractivity contribution in [3.05, 3.63) is 94.8 Å². The van der Waals surface area contributed by atoms with Crippen LogP contribution in [0.3, 0.4) is 0 Å². The van der Waals surface area contributed by atoms with Crippen LogP contribution >= 0.6 is 0 Å². The van der Waals surface area contributed by atoms with Gasteiger partial charge >= 0.3 is 0 Å². The van der Waals surface area contributed by atoms with E-state index in [1.54, 1.807) is 0 Å². The van der Waals surface area contributed by atoms with Crippen molar-refractivity contribution in [2.24, 2.45) is 0 Å². The smallest absolute Gasteiger partial charge is 0.144 e. The summed E-state index contributed by atoms with van der Waals surface area (Å²) in [5.41, 5.74) is 10.9. The summed E-state index contributed by atoms with van der Waals surface area (Å²) in [6, 6.07) is 21.6. The van der Waals surface area contributed by atoms with E-state index in [4.69, 9.17) is 4.98 Å². The Morgan fingerprint density at radius 1 is 0.676 bits per heavy atom. The molecule has 1 heterocycles. The van der Waals surface area contributed by atoms with Crippen LogP contribution in [0.4, 0.5) is 0 Å². The van der Waals surface area contributed by atoms with Crippen molar-refractivity contribution in [3.63, 3.8) is 0 Å². The first-order chi connectivity index (χ1) is 17.6. The van der Waals surface area contributed by atoms with Crippen LogP contribution in [0.25, 0.3) is 28.2 Å². The summed E-state index contributed by atoms with van der Waals surface area (Å²) in [6.45, 7) is 18.3. The normalized spacial score (nSPS) is 11.6. The fourth-order valence-corrected chi connectivity index (χ4v) is 5.29. The molecule has 0 radical (unpaired) electrons. The molecule has 0 bridgehead atoms. The zero-order chi connectivity index (χ0) is 26.9. The third kappa shape index (κ3) is 5.12. The lowest BCUT2D eigenvalue weighted by atomic mass is 9.81. The molecule has 0 atom stereocenters. The molecule has 0 aliphatic carbocycles. The zero-order valence-electron chi connectivity index (χ0n) is 23.5. The molecule has 0 fully saturated rings. The summed E-state index contributed by atoms with van der Waals surface area (Å²) < 4.78 is 2.22. The molecule has 0 spiro atoms. The lowest BCUT2D eigenvalue weighted by Crippen LogP contribution is -2.09. The number of imidazole rings is 1. The maximum Gasteiger partial charge on any atom is 0.144 e. The Kier molecular flexibility index (Phi) is 7.69. The van der Waals surface area contributed by atoms with Crippen molar-refractivity contribution in [1.82, 2.24) is 9.55 Å². The van der Waals surface area contributed by atoms with Gasteiger partial charge in [-0.25, -0.2) is 4.98 Å². The van der Waals surface area contributed by atoms with E-state index in [-0.39, 0.29) is 0 Å². The van der Waals surface area contributed by atoms with Crippen molar-refractivity contribution in [3.8, 4) is 34.3 Å². The molecule has 190 valence electrons. The van der Waals surface area contributed by atoms with Gasteiger partial charge in [0.15, 0.2) is 0 Å². The van der Waals surface area contributed by atoms with Crippen LogP contribution in [-0.2, 0) is 0 Å². The number of hydrogen-bond acceptors (Lipinski definition) is 2. The number of benzene rings is 3. The van der Waals surface area contributed by atoms with Crippen LogP contribution < -0.4 is 0 Å². The second kappa shape index (κ2) is 10.8. The summed E-state index contributed by atoms with van der Waals surface area (Å²) in [6.07, 6.45) is 3.92. The van der Waals surface area contributed by atoms with Gasteiger partial charge in [0.05, 0.1) is 17.3 Å². The Morgan fingerprint density at radius 3 is 1.73 bits per heavy atom. The summed E-state index contributed by atoms with van der Waals surface area (Å²) in [4.78, 5) is 4.75. The van der Waals surface area contributed by atoms with Gasteiger partial charge < -0.3 is 0 Å². The predicted molar refractivity (Wildman–Crippen MR) is 156 cm³/mol. The maximum atomic E-state index is 9.46. The molecule has 0 aliphatic rings. The van der Waals surface area contributed by atoms with Crippen molar-refractivity contribution in [2.45, 2.75) is 79.1 Å². The van der Waals surface area contributed by atoms with Crippen molar-refractivity contribution >= 4 is 0 Å². The monoisotopic (exact) mass is 489 g/mol. The molecule has 0 N–H and O–H groups in total. The van der Waals surface area contributed by atoms with E-state index in [1.165, 1.54) is 39.1 Å². The van der Waals surface area contributed by atoms with E-state index < -0.39 is 0 Å². The van der Waals surface area contributed by atoms with Crippen LogP contribution in [0.15, 0.2) is 67.0 Å². The quantitative estimate of drug-likeness (QED) is 0.259. The highest BCUT2D eigenvalue weighted by Crippen LogP contribution is 2.42.